The van der Waals surface area contributed by atoms with Crippen LogP contribution in [0.25, 0.3) is 0 Å². The molecule has 1 aromatic rings. The molecule has 21 heavy (non-hydrogen) atoms. The standard InChI is InChI=1S/C19H28N2/c1-15(2)19-13-20-18(16-9-5-3-6-10-16)14-21(19)17-11-7-4-8-12-17/h3-7,9-10,15,17-20H,8,11-14H2,1-2H3. The van der Waals surface area contributed by atoms with Gasteiger partial charge in [0.15, 0.2) is 0 Å². The normalized spacial score (nSPS) is 30.7. The fourth-order valence-electron chi connectivity index (χ4n) is 3.82. The Morgan fingerprint density at radius 2 is 1.95 bits per heavy atom. The molecule has 2 heteroatoms. The lowest BCUT2D eigenvalue weighted by Crippen LogP contribution is -2.58. The summed E-state index contributed by atoms with van der Waals surface area (Å²) in [7, 11) is 0. The van der Waals surface area contributed by atoms with E-state index in [0.717, 1.165) is 19.1 Å². The Balaban J connectivity index is 1.76. The molecule has 0 amide bonds. The maximum atomic E-state index is 3.78. The van der Waals surface area contributed by atoms with Gasteiger partial charge in [0.05, 0.1) is 0 Å². The van der Waals surface area contributed by atoms with E-state index < -0.39 is 0 Å². The van der Waals surface area contributed by atoms with Crippen molar-refractivity contribution in [1.82, 2.24) is 10.2 Å². The Kier molecular flexibility index (Phi) is 4.77. The summed E-state index contributed by atoms with van der Waals surface area (Å²) in [5.41, 5.74) is 1.43. The minimum absolute atomic E-state index is 0.479. The Bertz CT molecular complexity index is 466. The zero-order valence-corrected chi connectivity index (χ0v) is 13.3. The van der Waals surface area contributed by atoms with Crippen LogP contribution in [0.2, 0.25) is 0 Å². The van der Waals surface area contributed by atoms with Crippen molar-refractivity contribution in [1.29, 1.82) is 0 Å². The van der Waals surface area contributed by atoms with Gasteiger partial charge < -0.3 is 5.32 Å². The van der Waals surface area contributed by atoms with E-state index in [9.17, 15) is 0 Å². The molecule has 1 fully saturated rings. The molecule has 1 aromatic carbocycles. The third-order valence-corrected chi connectivity index (χ3v) is 5.07. The van der Waals surface area contributed by atoms with Crippen molar-refractivity contribution in [2.24, 2.45) is 5.92 Å². The van der Waals surface area contributed by atoms with E-state index in [1.54, 1.807) is 0 Å². The Morgan fingerprint density at radius 3 is 2.62 bits per heavy atom. The van der Waals surface area contributed by atoms with Crippen LogP contribution in [0.3, 0.4) is 0 Å². The average molecular weight is 284 g/mol. The van der Waals surface area contributed by atoms with E-state index in [2.05, 4.69) is 66.5 Å². The van der Waals surface area contributed by atoms with Crippen LogP contribution in [0, 0.1) is 5.92 Å². The predicted molar refractivity (Wildman–Crippen MR) is 89.3 cm³/mol. The molecule has 3 unspecified atom stereocenters. The van der Waals surface area contributed by atoms with Crippen LogP contribution >= 0.6 is 0 Å². The largest absolute Gasteiger partial charge is 0.307 e. The first kappa shape index (κ1) is 14.8. The van der Waals surface area contributed by atoms with Crippen LogP contribution in [0.1, 0.15) is 44.7 Å². The van der Waals surface area contributed by atoms with Crippen LogP contribution in [-0.2, 0) is 0 Å². The van der Waals surface area contributed by atoms with Gasteiger partial charge in [0, 0.05) is 31.2 Å². The van der Waals surface area contributed by atoms with Gasteiger partial charge in [-0.1, -0.05) is 56.3 Å². The summed E-state index contributed by atoms with van der Waals surface area (Å²) in [5, 5.41) is 3.78. The second kappa shape index (κ2) is 6.76. The summed E-state index contributed by atoms with van der Waals surface area (Å²) >= 11 is 0. The fourth-order valence-corrected chi connectivity index (χ4v) is 3.82. The molecule has 0 bridgehead atoms. The highest BCUT2D eigenvalue weighted by atomic mass is 15.3. The van der Waals surface area contributed by atoms with Gasteiger partial charge in [-0.2, -0.15) is 0 Å². The molecule has 114 valence electrons. The molecule has 1 N–H and O–H groups in total. The minimum Gasteiger partial charge on any atom is -0.307 e. The first-order valence-electron chi connectivity index (χ1n) is 8.45. The molecular weight excluding hydrogens is 256 g/mol. The van der Waals surface area contributed by atoms with Crippen LogP contribution in [0.5, 0.6) is 0 Å². The number of nitrogens with one attached hydrogen (secondary N) is 1. The lowest BCUT2D eigenvalue weighted by atomic mass is 9.90. The molecule has 0 radical (unpaired) electrons. The number of allylic oxidation sites excluding steroid dienone is 1. The van der Waals surface area contributed by atoms with Crippen LogP contribution < -0.4 is 5.32 Å². The first-order chi connectivity index (χ1) is 10.3. The Morgan fingerprint density at radius 1 is 1.14 bits per heavy atom. The van der Waals surface area contributed by atoms with Crippen molar-refractivity contribution in [2.45, 2.75) is 51.2 Å². The zero-order chi connectivity index (χ0) is 14.7. The van der Waals surface area contributed by atoms with Gasteiger partial charge >= 0.3 is 0 Å². The molecule has 2 aliphatic rings. The second-order valence-corrected chi connectivity index (χ2v) is 6.82. The average Bonchev–Trinajstić information content (AvgIpc) is 2.56. The van der Waals surface area contributed by atoms with E-state index in [-0.39, 0.29) is 0 Å². The van der Waals surface area contributed by atoms with Gasteiger partial charge in [0.2, 0.25) is 0 Å². The maximum absolute atomic E-state index is 3.78. The van der Waals surface area contributed by atoms with E-state index in [4.69, 9.17) is 0 Å². The molecule has 3 atom stereocenters. The molecule has 1 aliphatic heterocycles. The molecule has 1 heterocycles. The third kappa shape index (κ3) is 3.38. The maximum Gasteiger partial charge on any atom is 0.0450 e. The SMILES string of the molecule is CC(C)C1CNC(c2ccccc2)CN1C1CC=CCC1. The van der Waals surface area contributed by atoms with Crippen LogP contribution in [0.4, 0.5) is 0 Å². The molecule has 0 saturated carbocycles. The van der Waals surface area contributed by atoms with Gasteiger partial charge in [0.1, 0.15) is 0 Å². The highest BCUT2D eigenvalue weighted by molar-refractivity contribution is 5.20. The van der Waals surface area contributed by atoms with E-state index in [1.165, 1.54) is 24.8 Å². The molecule has 0 aromatic heterocycles. The van der Waals surface area contributed by atoms with Gasteiger partial charge in [-0.05, 0) is 30.7 Å². The van der Waals surface area contributed by atoms with Crippen molar-refractivity contribution in [3.8, 4) is 0 Å². The van der Waals surface area contributed by atoms with Gasteiger partial charge in [0.25, 0.3) is 0 Å². The lowest BCUT2D eigenvalue weighted by molar-refractivity contribution is 0.0510. The van der Waals surface area contributed by atoms with Crippen LogP contribution in [-0.4, -0.2) is 30.1 Å². The summed E-state index contributed by atoms with van der Waals surface area (Å²) in [5.74, 6) is 0.708. The number of hydrogen-bond donors (Lipinski definition) is 1. The third-order valence-electron chi connectivity index (χ3n) is 5.07. The lowest BCUT2D eigenvalue weighted by Gasteiger charge is -2.47. The number of benzene rings is 1. The van der Waals surface area contributed by atoms with Gasteiger partial charge in [-0.25, -0.2) is 0 Å². The van der Waals surface area contributed by atoms with Crippen molar-refractivity contribution in [3.05, 3.63) is 48.0 Å². The molecular formula is C19H28N2. The summed E-state index contributed by atoms with van der Waals surface area (Å²) < 4.78 is 0. The van der Waals surface area contributed by atoms with E-state index >= 15 is 0 Å². The smallest absolute Gasteiger partial charge is 0.0450 e. The number of nitrogens with zero attached hydrogens (tertiary/aromatic N) is 1. The fraction of sp³-hybridized carbons (Fsp3) is 0.579. The van der Waals surface area contributed by atoms with Crippen molar-refractivity contribution in [2.75, 3.05) is 13.1 Å². The van der Waals surface area contributed by atoms with Crippen molar-refractivity contribution < 1.29 is 0 Å². The number of rotatable bonds is 3. The van der Waals surface area contributed by atoms with Crippen LogP contribution in [0.15, 0.2) is 42.5 Å². The highest BCUT2D eigenvalue weighted by Gasteiger charge is 2.34. The summed E-state index contributed by atoms with van der Waals surface area (Å²) in [6.45, 7) is 6.98. The van der Waals surface area contributed by atoms with Gasteiger partial charge in [-0.15, -0.1) is 0 Å². The molecule has 0 spiro atoms. The monoisotopic (exact) mass is 284 g/mol. The molecule has 3 rings (SSSR count). The molecule has 2 nitrogen and oxygen atoms in total. The Hall–Kier alpha value is -1.12. The van der Waals surface area contributed by atoms with Crippen molar-refractivity contribution in [3.63, 3.8) is 0 Å². The quantitative estimate of drug-likeness (QED) is 0.850. The minimum atomic E-state index is 0.479. The summed E-state index contributed by atoms with van der Waals surface area (Å²) in [6, 6.07) is 12.8. The first-order valence-corrected chi connectivity index (χ1v) is 8.45. The highest BCUT2D eigenvalue weighted by Crippen LogP contribution is 2.29. The van der Waals surface area contributed by atoms with E-state index in [1.807, 2.05) is 0 Å². The zero-order valence-electron chi connectivity index (χ0n) is 13.3. The second-order valence-electron chi connectivity index (χ2n) is 6.82. The number of hydrogen-bond acceptors (Lipinski definition) is 2. The van der Waals surface area contributed by atoms with Crippen molar-refractivity contribution >= 4 is 0 Å². The van der Waals surface area contributed by atoms with E-state index in [0.29, 0.717) is 18.0 Å². The predicted octanol–water partition coefficient (Wildman–Crippen LogP) is 3.77. The number of piperazine rings is 1. The topological polar surface area (TPSA) is 15.3 Å². The molecule has 1 aliphatic carbocycles. The summed E-state index contributed by atoms with van der Waals surface area (Å²) in [6.07, 6.45) is 8.52. The van der Waals surface area contributed by atoms with Gasteiger partial charge in [-0.3, -0.25) is 4.90 Å². The summed E-state index contributed by atoms with van der Waals surface area (Å²) in [4.78, 5) is 2.79. The Labute approximate surface area is 129 Å². The molecule has 1 saturated heterocycles.